The summed E-state index contributed by atoms with van der Waals surface area (Å²) in [5.74, 6) is 0.748. The van der Waals surface area contributed by atoms with Gasteiger partial charge >= 0.3 is 0 Å². The SMILES string of the molecule is CC(N)Cc1nsc(N)n1. The van der Waals surface area contributed by atoms with E-state index < -0.39 is 0 Å². The maximum atomic E-state index is 5.52. The summed E-state index contributed by atoms with van der Waals surface area (Å²) in [4.78, 5) is 3.96. The molecule has 1 aromatic heterocycles. The third kappa shape index (κ3) is 1.93. The van der Waals surface area contributed by atoms with Crippen LogP contribution >= 0.6 is 11.5 Å². The summed E-state index contributed by atoms with van der Waals surface area (Å²) < 4.78 is 3.98. The molecule has 4 N–H and O–H groups in total. The highest BCUT2D eigenvalue weighted by molar-refractivity contribution is 7.09. The van der Waals surface area contributed by atoms with Gasteiger partial charge in [-0.3, -0.25) is 0 Å². The lowest BCUT2D eigenvalue weighted by molar-refractivity contribution is 0.712. The molecule has 5 heteroatoms. The van der Waals surface area contributed by atoms with Crippen LogP contribution in [0.4, 0.5) is 5.13 Å². The third-order valence-corrected chi connectivity index (χ3v) is 1.57. The summed E-state index contributed by atoms with van der Waals surface area (Å²) >= 11 is 1.21. The van der Waals surface area contributed by atoms with E-state index in [-0.39, 0.29) is 6.04 Å². The normalized spacial score (nSPS) is 13.4. The zero-order valence-electron chi connectivity index (χ0n) is 5.74. The molecule has 1 unspecified atom stereocenters. The first-order valence-electron chi connectivity index (χ1n) is 3.02. The van der Waals surface area contributed by atoms with Gasteiger partial charge in [-0.2, -0.15) is 4.37 Å². The fourth-order valence-corrected chi connectivity index (χ4v) is 1.10. The van der Waals surface area contributed by atoms with Crippen molar-refractivity contribution in [1.82, 2.24) is 9.36 Å². The van der Waals surface area contributed by atoms with Crippen LogP contribution in [-0.2, 0) is 6.42 Å². The van der Waals surface area contributed by atoms with Gasteiger partial charge in [0, 0.05) is 24.0 Å². The average Bonchev–Trinajstić information content (AvgIpc) is 2.13. The molecule has 0 bridgehead atoms. The predicted octanol–water partition coefficient (Wildman–Crippen LogP) is 0.01000. The van der Waals surface area contributed by atoms with Crippen LogP contribution in [0.1, 0.15) is 12.7 Å². The van der Waals surface area contributed by atoms with Gasteiger partial charge in [0.2, 0.25) is 0 Å². The van der Waals surface area contributed by atoms with Crippen LogP contribution in [0.5, 0.6) is 0 Å². The monoisotopic (exact) mass is 158 g/mol. The van der Waals surface area contributed by atoms with E-state index in [1.54, 1.807) is 0 Å². The van der Waals surface area contributed by atoms with E-state index in [9.17, 15) is 0 Å². The van der Waals surface area contributed by atoms with Crippen molar-refractivity contribution in [3.05, 3.63) is 5.82 Å². The standard InChI is InChI=1S/C5H10N4S/c1-3(6)2-4-8-5(7)10-9-4/h3H,2,6H2,1H3,(H2,7,8,9). The van der Waals surface area contributed by atoms with Crippen LogP contribution in [0.15, 0.2) is 0 Å². The van der Waals surface area contributed by atoms with Gasteiger partial charge in [0.25, 0.3) is 0 Å². The smallest absolute Gasteiger partial charge is 0.199 e. The second-order valence-electron chi connectivity index (χ2n) is 2.23. The Balaban J connectivity index is 2.58. The lowest BCUT2D eigenvalue weighted by Gasteiger charge is -1.97. The van der Waals surface area contributed by atoms with Crippen molar-refractivity contribution < 1.29 is 0 Å². The molecule has 1 rings (SSSR count). The first-order chi connectivity index (χ1) is 4.68. The highest BCUT2D eigenvalue weighted by Crippen LogP contribution is 2.06. The Bertz CT molecular complexity index is 207. The van der Waals surface area contributed by atoms with Crippen LogP contribution in [0.25, 0.3) is 0 Å². The molecule has 0 aliphatic carbocycles. The molecule has 1 heterocycles. The topological polar surface area (TPSA) is 77.8 Å². The molecule has 0 aliphatic rings. The molecule has 0 spiro atoms. The maximum Gasteiger partial charge on any atom is 0.199 e. The molecule has 4 nitrogen and oxygen atoms in total. The number of nitrogen functional groups attached to an aromatic ring is 1. The fourth-order valence-electron chi connectivity index (χ4n) is 0.638. The van der Waals surface area contributed by atoms with Crippen LogP contribution in [0, 0.1) is 0 Å². The molecule has 1 aromatic rings. The average molecular weight is 158 g/mol. The Morgan fingerprint density at radius 2 is 2.40 bits per heavy atom. The number of aromatic nitrogens is 2. The second kappa shape index (κ2) is 2.94. The number of rotatable bonds is 2. The van der Waals surface area contributed by atoms with Gasteiger partial charge in [0.1, 0.15) is 5.82 Å². The minimum atomic E-state index is 0.106. The Hall–Kier alpha value is -0.680. The largest absolute Gasteiger partial charge is 0.374 e. The molecule has 0 saturated carbocycles. The summed E-state index contributed by atoms with van der Waals surface area (Å²) in [5, 5.41) is 0.510. The molecule has 0 aromatic carbocycles. The number of nitrogens with two attached hydrogens (primary N) is 2. The van der Waals surface area contributed by atoms with Crippen LogP contribution in [0.3, 0.4) is 0 Å². The first kappa shape index (κ1) is 7.43. The highest BCUT2D eigenvalue weighted by Gasteiger charge is 2.02. The quantitative estimate of drug-likeness (QED) is 0.635. The third-order valence-electron chi connectivity index (χ3n) is 0.988. The Labute approximate surface area is 63.4 Å². The molecular formula is C5H10N4S. The van der Waals surface area contributed by atoms with E-state index in [1.807, 2.05) is 6.92 Å². The van der Waals surface area contributed by atoms with Crippen molar-refractivity contribution in [2.45, 2.75) is 19.4 Å². The lowest BCUT2D eigenvalue weighted by atomic mass is 10.2. The predicted molar refractivity (Wildman–Crippen MR) is 41.7 cm³/mol. The van der Waals surface area contributed by atoms with Crippen LogP contribution < -0.4 is 11.5 Å². The summed E-state index contributed by atoms with van der Waals surface area (Å²) in [6.07, 6.45) is 0.702. The molecule has 0 amide bonds. The van der Waals surface area contributed by atoms with E-state index in [0.29, 0.717) is 11.6 Å². The maximum absolute atomic E-state index is 5.52. The Morgan fingerprint density at radius 3 is 2.80 bits per heavy atom. The summed E-state index contributed by atoms with van der Waals surface area (Å²) in [7, 11) is 0. The number of anilines is 1. The van der Waals surface area contributed by atoms with Gasteiger partial charge in [-0.05, 0) is 6.92 Å². The van der Waals surface area contributed by atoms with Crippen LogP contribution in [-0.4, -0.2) is 15.4 Å². The van der Waals surface area contributed by atoms with Gasteiger partial charge in [-0.1, -0.05) is 0 Å². The zero-order chi connectivity index (χ0) is 7.56. The summed E-state index contributed by atoms with van der Waals surface area (Å²) in [5.41, 5.74) is 10.9. The van der Waals surface area contributed by atoms with Crippen molar-refractivity contribution in [3.8, 4) is 0 Å². The molecular weight excluding hydrogens is 148 g/mol. The molecule has 0 radical (unpaired) electrons. The van der Waals surface area contributed by atoms with E-state index in [0.717, 1.165) is 5.82 Å². The molecule has 0 fully saturated rings. The first-order valence-corrected chi connectivity index (χ1v) is 3.79. The minimum absolute atomic E-state index is 0.106. The number of nitrogens with zero attached hydrogens (tertiary/aromatic N) is 2. The molecule has 0 aliphatic heterocycles. The number of hydrogen-bond donors (Lipinski definition) is 2. The summed E-state index contributed by atoms with van der Waals surface area (Å²) in [6, 6.07) is 0.106. The Morgan fingerprint density at radius 1 is 1.70 bits per heavy atom. The zero-order valence-corrected chi connectivity index (χ0v) is 6.56. The molecule has 1 atom stereocenters. The van der Waals surface area contributed by atoms with E-state index >= 15 is 0 Å². The van der Waals surface area contributed by atoms with Gasteiger partial charge in [-0.15, -0.1) is 0 Å². The number of hydrogen-bond acceptors (Lipinski definition) is 5. The van der Waals surface area contributed by atoms with Crippen molar-refractivity contribution in [2.75, 3.05) is 5.73 Å². The van der Waals surface area contributed by atoms with Crippen molar-refractivity contribution in [2.24, 2.45) is 5.73 Å². The molecule has 56 valence electrons. The van der Waals surface area contributed by atoms with Crippen LogP contribution in [0.2, 0.25) is 0 Å². The van der Waals surface area contributed by atoms with E-state index in [2.05, 4.69) is 9.36 Å². The molecule has 10 heavy (non-hydrogen) atoms. The fraction of sp³-hybridized carbons (Fsp3) is 0.600. The van der Waals surface area contributed by atoms with Crippen molar-refractivity contribution in [1.29, 1.82) is 0 Å². The minimum Gasteiger partial charge on any atom is -0.374 e. The van der Waals surface area contributed by atoms with Gasteiger partial charge in [-0.25, -0.2) is 4.98 Å². The van der Waals surface area contributed by atoms with Crippen molar-refractivity contribution in [3.63, 3.8) is 0 Å². The lowest BCUT2D eigenvalue weighted by Crippen LogP contribution is -2.18. The van der Waals surface area contributed by atoms with Gasteiger partial charge in [0.05, 0.1) is 0 Å². The second-order valence-corrected chi connectivity index (χ2v) is 3.01. The highest BCUT2D eigenvalue weighted by atomic mass is 32.1. The van der Waals surface area contributed by atoms with Gasteiger partial charge < -0.3 is 11.5 Å². The molecule has 0 saturated heterocycles. The Kier molecular flexibility index (Phi) is 2.18. The van der Waals surface area contributed by atoms with E-state index in [1.165, 1.54) is 11.5 Å². The van der Waals surface area contributed by atoms with Gasteiger partial charge in [0.15, 0.2) is 5.13 Å². The van der Waals surface area contributed by atoms with Crippen molar-refractivity contribution >= 4 is 16.7 Å². The summed E-state index contributed by atoms with van der Waals surface area (Å²) in [6.45, 7) is 1.91. The van der Waals surface area contributed by atoms with E-state index in [4.69, 9.17) is 11.5 Å².